The maximum absolute atomic E-state index is 13.0. The van der Waals surface area contributed by atoms with Crippen LogP contribution in [0.5, 0.6) is 0 Å². The third-order valence-electron chi connectivity index (χ3n) is 4.31. The lowest BCUT2D eigenvalue weighted by molar-refractivity contribution is -0.116. The molecule has 0 bridgehead atoms. The predicted octanol–water partition coefficient (Wildman–Crippen LogP) is 2.93. The fourth-order valence-electron chi connectivity index (χ4n) is 2.97. The van der Waals surface area contributed by atoms with Gasteiger partial charge in [0.25, 0.3) is 0 Å². The molecular formula is C19H24FN5O. The molecule has 1 aliphatic rings. The van der Waals surface area contributed by atoms with Crippen molar-refractivity contribution in [1.29, 1.82) is 0 Å². The Kier molecular flexibility index (Phi) is 5.65. The zero-order valence-corrected chi connectivity index (χ0v) is 15.2. The second kappa shape index (κ2) is 8.12. The largest absolute Gasteiger partial charge is 0.368 e. The maximum atomic E-state index is 13.0. The van der Waals surface area contributed by atoms with E-state index in [1.165, 1.54) is 12.1 Å². The number of carbonyl (C=O) groups excluding carboxylic acids is 1. The lowest BCUT2D eigenvalue weighted by Crippen LogP contribution is -2.46. The molecule has 0 spiro atoms. The van der Waals surface area contributed by atoms with Gasteiger partial charge in [0.15, 0.2) is 11.6 Å². The van der Waals surface area contributed by atoms with Crippen molar-refractivity contribution in [3.8, 4) is 0 Å². The summed E-state index contributed by atoms with van der Waals surface area (Å²) in [5, 5.41) is 11.1. The third-order valence-corrected chi connectivity index (χ3v) is 4.31. The Bertz CT molecular complexity index is 725. The van der Waals surface area contributed by atoms with E-state index < -0.39 is 0 Å². The topological polar surface area (TPSA) is 61.4 Å². The minimum Gasteiger partial charge on any atom is -0.368 e. The number of carbonyl (C=O) groups is 1. The summed E-state index contributed by atoms with van der Waals surface area (Å²) in [6.45, 7) is 7.29. The van der Waals surface area contributed by atoms with E-state index in [1.54, 1.807) is 18.2 Å². The van der Waals surface area contributed by atoms with Crippen LogP contribution in [0.3, 0.4) is 0 Å². The van der Waals surface area contributed by atoms with Crippen LogP contribution in [0, 0.1) is 11.7 Å². The van der Waals surface area contributed by atoms with Crippen molar-refractivity contribution in [2.75, 3.05) is 41.3 Å². The van der Waals surface area contributed by atoms with Gasteiger partial charge in [0, 0.05) is 38.3 Å². The number of benzene rings is 1. The van der Waals surface area contributed by atoms with Gasteiger partial charge in [0.2, 0.25) is 5.91 Å². The van der Waals surface area contributed by atoms with Gasteiger partial charge in [0.05, 0.1) is 0 Å². The summed E-state index contributed by atoms with van der Waals surface area (Å²) in [4.78, 5) is 16.2. The second-order valence-corrected chi connectivity index (χ2v) is 6.87. The molecular weight excluding hydrogens is 333 g/mol. The molecule has 2 aromatic rings. The van der Waals surface area contributed by atoms with Crippen LogP contribution in [0.2, 0.25) is 0 Å². The number of nitrogens with one attached hydrogen (secondary N) is 1. The van der Waals surface area contributed by atoms with Gasteiger partial charge in [-0.2, -0.15) is 0 Å². The molecule has 1 saturated heterocycles. The molecule has 0 aliphatic carbocycles. The molecule has 7 heteroatoms. The first-order chi connectivity index (χ1) is 12.5. The Balaban J connectivity index is 1.54. The van der Waals surface area contributed by atoms with Crippen LogP contribution >= 0.6 is 0 Å². The quantitative estimate of drug-likeness (QED) is 0.891. The first kappa shape index (κ1) is 18.1. The zero-order valence-electron chi connectivity index (χ0n) is 15.2. The van der Waals surface area contributed by atoms with Crippen molar-refractivity contribution in [1.82, 2.24) is 10.2 Å². The molecule has 1 fully saturated rings. The summed E-state index contributed by atoms with van der Waals surface area (Å²) in [6.07, 6.45) is 0.467. The highest BCUT2D eigenvalue weighted by Crippen LogP contribution is 2.20. The van der Waals surface area contributed by atoms with Crippen LogP contribution in [-0.2, 0) is 4.79 Å². The molecule has 1 aromatic heterocycles. The van der Waals surface area contributed by atoms with Gasteiger partial charge in [-0.25, -0.2) is 4.39 Å². The van der Waals surface area contributed by atoms with Crippen molar-refractivity contribution in [2.24, 2.45) is 5.92 Å². The second-order valence-electron chi connectivity index (χ2n) is 6.87. The number of nitrogens with zero attached hydrogens (tertiary/aromatic N) is 4. The molecule has 1 amide bonds. The number of amides is 1. The zero-order chi connectivity index (χ0) is 18.5. The fourth-order valence-corrected chi connectivity index (χ4v) is 2.97. The van der Waals surface area contributed by atoms with Crippen LogP contribution in [0.4, 0.5) is 21.7 Å². The summed E-state index contributed by atoms with van der Waals surface area (Å²) in [5.74, 6) is 1.31. The normalized spacial score (nSPS) is 14.6. The van der Waals surface area contributed by atoms with Gasteiger partial charge in [-0.15, -0.1) is 10.2 Å². The molecule has 0 unspecified atom stereocenters. The van der Waals surface area contributed by atoms with Crippen molar-refractivity contribution in [3.63, 3.8) is 0 Å². The van der Waals surface area contributed by atoms with Crippen molar-refractivity contribution < 1.29 is 9.18 Å². The third kappa shape index (κ3) is 4.68. The first-order valence-corrected chi connectivity index (χ1v) is 8.90. The predicted molar refractivity (Wildman–Crippen MR) is 101 cm³/mol. The van der Waals surface area contributed by atoms with E-state index in [1.807, 2.05) is 19.9 Å². The van der Waals surface area contributed by atoms with E-state index in [0.717, 1.165) is 37.7 Å². The van der Waals surface area contributed by atoms with E-state index in [2.05, 4.69) is 25.3 Å². The Labute approximate surface area is 153 Å². The SMILES string of the molecule is CC(C)CC(=O)Nc1ccc(N2CCN(c3ccc(F)cc3)CC2)nn1. The average molecular weight is 357 g/mol. The van der Waals surface area contributed by atoms with Crippen LogP contribution < -0.4 is 15.1 Å². The minimum absolute atomic E-state index is 0.0463. The Morgan fingerprint density at radius 2 is 1.69 bits per heavy atom. The number of piperazine rings is 1. The van der Waals surface area contributed by atoms with Gasteiger partial charge in [0.1, 0.15) is 5.82 Å². The molecule has 0 atom stereocenters. The van der Waals surface area contributed by atoms with Crippen LogP contribution in [0.15, 0.2) is 36.4 Å². The van der Waals surface area contributed by atoms with E-state index in [0.29, 0.717) is 18.2 Å². The molecule has 0 radical (unpaired) electrons. The van der Waals surface area contributed by atoms with Crippen LogP contribution in [0.1, 0.15) is 20.3 Å². The molecule has 6 nitrogen and oxygen atoms in total. The van der Waals surface area contributed by atoms with Crippen LogP contribution in [0.25, 0.3) is 0 Å². The average Bonchev–Trinajstić information content (AvgIpc) is 2.62. The molecule has 1 N–H and O–H groups in total. The first-order valence-electron chi connectivity index (χ1n) is 8.90. The molecule has 1 aliphatic heterocycles. The Hall–Kier alpha value is -2.70. The fraction of sp³-hybridized carbons (Fsp3) is 0.421. The van der Waals surface area contributed by atoms with E-state index in [4.69, 9.17) is 0 Å². The summed E-state index contributed by atoms with van der Waals surface area (Å²) in [5.41, 5.74) is 1.03. The Morgan fingerprint density at radius 1 is 1.04 bits per heavy atom. The van der Waals surface area contributed by atoms with E-state index in [9.17, 15) is 9.18 Å². The molecule has 0 saturated carbocycles. The van der Waals surface area contributed by atoms with Gasteiger partial charge < -0.3 is 15.1 Å². The lowest BCUT2D eigenvalue weighted by Gasteiger charge is -2.36. The van der Waals surface area contributed by atoms with Gasteiger partial charge in [-0.05, 0) is 42.3 Å². The van der Waals surface area contributed by atoms with Gasteiger partial charge >= 0.3 is 0 Å². The number of anilines is 3. The van der Waals surface area contributed by atoms with Crippen molar-refractivity contribution in [2.45, 2.75) is 20.3 Å². The smallest absolute Gasteiger partial charge is 0.225 e. The summed E-state index contributed by atoms with van der Waals surface area (Å²) in [7, 11) is 0. The number of hydrogen-bond acceptors (Lipinski definition) is 5. The highest BCUT2D eigenvalue weighted by Gasteiger charge is 2.19. The van der Waals surface area contributed by atoms with E-state index in [-0.39, 0.29) is 11.7 Å². The van der Waals surface area contributed by atoms with Crippen LogP contribution in [-0.4, -0.2) is 42.3 Å². The standard InChI is InChI=1S/C19H24FN5O/c1-14(2)13-19(26)21-17-7-8-18(23-22-17)25-11-9-24(10-12-25)16-5-3-15(20)4-6-16/h3-8,14H,9-13H2,1-2H3,(H,21,22,26). The van der Waals surface area contributed by atoms with Gasteiger partial charge in [-0.1, -0.05) is 13.8 Å². The molecule has 138 valence electrons. The number of halogens is 1. The highest BCUT2D eigenvalue weighted by molar-refractivity contribution is 5.89. The summed E-state index contributed by atoms with van der Waals surface area (Å²) < 4.78 is 13.0. The number of rotatable bonds is 5. The molecule has 26 heavy (non-hydrogen) atoms. The lowest BCUT2D eigenvalue weighted by atomic mass is 10.1. The minimum atomic E-state index is -0.219. The summed E-state index contributed by atoms with van der Waals surface area (Å²) >= 11 is 0. The molecule has 1 aromatic carbocycles. The number of aromatic nitrogens is 2. The molecule has 3 rings (SSSR count). The highest BCUT2D eigenvalue weighted by atomic mass is 19.1. The van der Waals surface area contributed by atoms with Gasteiger partial charge in [-0.3, -0.25) is 4.79 Å². The molecule has 2 heterocycles. The number of hydrogen-bond donors (Lipinski definition) is 1. The van der Waals surface area contributed by atoms with Crippen molar-refractivity contribution >= 4 is 23.2 Å². The Morgan fingerprint density at radius 3 is 2.27 bits per heavy atom. The van der Waals surface area contributed by atoms with E-state index >= 15 is 0 Å². The summed E-state index contributed by atoms with van der Waals surface area (Å²) in [6, 6.07) is 10.2. The van der Waals surface area contributed by atoms with Crippen molar-refractivity contribution in [3.05, 3.63) is 42.2 Å². The maximum Gasteiger partial charge on any atom is 0.225 e. The monoisotopic (exact) mass is 357 g/mol.